The van der Waals surface area contributed by atoms with E-state index in [1.54, 1.807) is 12.1 Å². The van der Waals surface area contributed by atoms with Crippen LogP contribution in [0.25, 0.3) is 0 Å². The molecule has 2 aliphatic rings. The number of piperidine rings is 1. The lowest BCUT2D eigenvalue weighted by Crippen LogP contribution is -2.50. The highest BCUT2D eigenvalue weighted by atomic mass is 19.1. The number of nitrogens with zero attached hydrogens (tertiary/aromatic N) is 3. The molecule has 2 heterocycles. The summed E-state index contributed by atoms with van der Waals surface area (Å²) in [6.45, 7) is 8.37. The van der Waals surface area contributed by atoms with Gasteiger partial charge in [0.2, 0.25) is 6.10 Å². The third-order valence-corrected chi connectivity index (χ3v) is 5.66. The Morgan fingerprint density at radius 1 is 1.27 bits per heavy atom. The van der Waals surface area contributed by atoms with Crippen LogP contribution in [-0.2, 0) is 9.63 Å². The van der Waals surface area contributed by atoms with Crippen molar-refractivity contribution in [3.05, 3.63) is 35.6 Å². The first kappa shape index (κ1) is 18.8. The number of hydrogen-bond donors (Lipinski definition) is 0. The lowest BCUT2D eigenvalue weighted by Gasteiger charge is -2.39. The molecule has 0 aromatic heterocycles. The molecule has 2 atom stereocenters. The number of carbonyl (C=O) groups is 1. The number of rotatable bonds is 4. The van der Waals surface area contributed by atoms with Crippen molar-refractivity contribution in [3.8, 4) is 0 Å². The molecule has 1 amide bonds. The summed E-state index contributed by atoms with van der Waals surface area (Å²) < 4.78 is 13.1. The molecule has 142 valence electrons. The van der Waals surface area contributed by atoms with Crippen molar-refractivity contribution < 1.29 is 14.0 Å². The Balaban J connectivity index is 1.61. The van der Waals surface area contributed by atoms with Gasteiger partial charge in [0.25, 0.3) is 5.91 Å². The molecule has 0 N–H and O–H groups in total. The number of likely N-dealkylation sites (tertiary alicyclic amines) is 1. The number of benzene rings is 1. The van der Waals surface area contributed by atoms with Gasteiger partial charge in [0.05, 0.1) is 11.6 Å². The van der Waals surface area contributed by atoms with Crippen molar-refractivity contribution in [2.45, 2.75) is 51.8 Å². The van der Waals surface area contributed by atoms with Crippen LogP contribution in [0, 0.1) is 11.7 Å². The zero-order valence-electron chi connectivity index (χ0n) is 16.0. The summed E-state index contributed by atoms with van der Waals surface area (Å²) in [5.41, 5.74) is 1.49. The highest BCUT2D eigenvalue weighted by molar-refractivity contribution is 6.05. The maximum Gasteiger partial charge on any atom is 0.267 e. The van der Waals surface area contributed by atoms with Crippen LogP contribution in [0.2, 0.25) is 0 Å². The van der Waals surface area contributed by atoms with Gasteiger partial charge in [0, 0.05) is 32.2 Å². The third kappa shape index (κ3) is 3.75. The van der Waals surface area contributed by atoms with E-state index >= 15 is 0 Å². The third-order valence-electron chi connectivity index (χ3n) is 5.66. The summed E-state index contributed by atoms with van der Waals surface area (Å²) >= 11 is 0. The van der Waals surface area contributed by atoms with Gasteiger partial charge in [-0.2, -0.15) is 0 Å². The van der Waals surface area contributed by atoms with E-state index in [0.717, 1.165) is 31.5 Å². The second kappa shape index (κ2) is 7.74. The summed E-state index contributed by atoms with van der Waals surface area (Å²) in [7, 11) is 1.87. The van der Waals surface area contributed by atoms with Crippen molar-refractivity contribution in [2.24, 2.45) is 11.1 Å². The standard InChI is InChI=1S/C20H28FN3O2/c1-13(2)24-11-9-17(10-12-24)23(4)20(25)19-14(3)18(22-26-19)15-5-7-16(21)8-6-15/h5-8,13-14,17,19H,9-12H2,1-4H3/t14-,19-/m0/s1. The number of carbonyl (C=O) groups excluding carboxylic acids is 1. The van der Waals surface area contributed by atoms with E-state index in [-0.39, 0.29) is 23.7 Å². The van der Waals surface area contributed by atoms with Gasteiger partial charge in [0.15, 0.2) is 0 Å². The minimum atomic E-state index is -0.608. The number of hydrogen-bond acceptors (Lipinski definition) is 4. The predicted molar refractivity (Wildman–Crippen MR) is 99.5 cm³/mol. The van der Waals surface area contributed by atoms with Gasteiger partial charge in [-0.3, -0.25) is 4.79 Å². The van der Waals surface area contributed by atoms with Crippen LogP contribution in [0.5, 0.6) is 0 Å². The summed E-state index contributed by atoms with van der Waals surface area (Å²) in [6.07, 6.45) is 1.35. The molecule has 0 bridgehead atoms. The van der Waals surface area contributed by atoms with Crippen molar-refractivity contribution in [1.82, 2.24) is 9.80 Å². The molecule has 26 heavy (non-hydrogen) atoms. The zero-order chi connectivity index (χ0) is 18.8. The molecule has 1 fully saturated rings. The van der Waals surface area contributed by atoms with E-state index in [4.69, 9.17) is 4.84 Å². The molecule has 1 aromatic rings. The van der Waals surface area contributed by atoms with Crippen LogP contribution in [0.15, 0.2) is 29.4 Å². The molecule has 1 saturated heterocycles. The molecular formula is C20H28FN3O2. The highest BCUT2D eigenvalue weighted by Crippen LogP contribution is 2.26. The predicted octanol–water partition coefficient (Wildman–Crippen LogP) is 2.90. The van der Waals surface area contributed by atoms with Crippen LogP contribution in [0.4, 0.5) is 4.39 Å². The fraction of sp³-hybridized carbons (Fsp3) is 0.600. The fourth-order valence-electron chi connectivity index (χ4n) is 3.80. The van der Waals surface area contributed by atoms with Gasteiger partial charge in [-0.1, -0.05) is 24.2 Å². The molecule has 3 rings (SSSR count). The monoisotopic (exact) mass is 361 g/mol. The molecule has 2 aliphatic heterocycles. The van der Waals surface area contributed by atoms with Crippen molar-refractivity contribution >= 4 is 11.6 Å². The Kier molecular flexibility index (Phi) is 5.61. The maximum atomic E-state index is 13.1. The summed E-state index contributed by atoms with van der Waals surface area (Å²) in [4.78, 5) is 22.7. The Labute approximate surface area is 154 Å². The van der Waals surface area contributed by atoms with Gasteiger partial charge in [-0.25, -0.2) is 4.39 Å². The quantitative estimate of drug-likeness (QED) is 0.828. The Morgan fingerprint density at radius 2 is 1.88 bits per heavy atom. The van der Waals surface area contributed by atoms with Gasteiger partial charge in [0.1, 0.15) is 5.82 Å². The lowest BCUT2D eigenvalue weighted by molar-refractivity contribution is -0.145. The van der Waals surface area contributed by atoms with E-state index in [0.29, 0.717) is 11.8 Å². The first-order chi connectivity index (χ1) is 12.4. The van der Waals surface area contributed by atoms with E-state index in [9.17, 15) is 9.18 Å². The molecule has 5 nitrogen and oxygen atoms in total. The van der Waals surface area contributed by atoms with E-state index in [1.165, 1.54) is 12.1 Å². The van der Waals surface area contributed by atoms with E-state index in [2.05, 4.69) is 23.9 Å². The molecule has 0 saturated carbocycles. The summed E-state index contributed by atoms with van der Waals surface area (Å²) in [5, 5.41) is 4.12. The van der Waals surface area contributed by atoms with E-state index in [1.807, 2.05) is 18.9 Å². The first-order valence-electron chi connectivity index (χ1n) is 9.39. The van der Waals surface area contributed by atoms with Crippen LogP contribution in [0.3, 0.4) is 0 Å². The molecule has 0 radical (unpaired) electrons. The largest absolute Gasteiger partial charge is 0.381 e. The second-order valence-corrected chi connectivity index (χ2v) is 7.61. The minimum absolute atomic E-state index is 0.0265. The SMILES string of the molecule is CC(C)N1CCC(N(C)C(=O)[C@H]2ON=C(c3ccc(F)cc3)[C@@H]2C)CC1. The average Bonchev–Trinajstić information content (AvgIpc) is 3.02. The Hall–Kier alpha value is -1.95. The topological polar surface area (TPSA) is 45.1 Å². The van der Waals surface area contributed by atoms with Crippen LogP contribution < -0.4 is 0 Å². The van der Waals surface area contributed by atoms with Gasteiger partial charge >= 0.3 is 0 Å². The Morgan fingerprint density at radius 3 is 2.46 bits per heavy atom. The second-order valence-electron chi connectivity index (χ2n) is 7.61. The number of amides is 1. The summed E-state index contributed by atoms with van der Waals surface area (Å²) in [5.74, 6) is -0.478. The van der Waals surface area contributed by atoms with Gasteiger partial charge in [-0.15, -0.1) is 0 Å². The van der Waals surface area contributed by atoms with Crippen LogP contribution in [-0.4, -0.2) is 59.7 Å². The average molecular weight is 361 g/mol. The molecule has 1 aromatic carbocycles. The first-order valence-corrected chi connectivity index (χ1v) is 9.39. The van der Waals surface area contributed by atoms with Crippen LogP contribution in [0.1, 0.15) is 39.2 Å². The van der Waals surface area contributed by atoms with Gasteiger partial charge in [-0.05, 0) is 44.4 Å². The molecule has 0 aliphatic carbocycles. The molecular weight excluding hydrogens is 333 g/mol. The van der Waals surface area contributed by atoms with Gasteiger partial charge < -0.3 is 14.6 Å². The molecule has 0 unspecified atom stereocenters. The number of halogens is 1. The Bertz CT molecular complexity index is 666. The lowest BCUT2D eigenvalue weighted by atomic mass is 9.92. The van der Waals surface area contributed by atoms with Crippen molar-refractivity contribution in [2.75, 3.05) is 20.1 Å². The highest BCUT2D eigenvalue weighted by Gasteiger charge is 2.40. The van der Waals surface area contributed by atoms with Crippen molar-refractivity contribution in [1.29, 1.82) is 0 Å². The maximum absolute atomic E-state index is 13.1. The van der Waals surface area contributed by atoms with E-state index < -0.39 is 6.10 Å². The number of oxime groups is 1. The van der Waals surface area contributed by atoms with Crippen molar-refractivity contribution in [3.63, 3.8) is 0 Å². The smallest absolute Gasteiger partial charge is 0.267 e. The normalized spacial score (nSPS) is 24.5. The summed E-state index contributed by atoms with van der Waals surface area (Å²) in [6, 6.07) is 6.92. The fourth-order valence-corrected chi connectivity index (χ4v) is 3.80. The molecule has 6 heteroatoms. The van der Waals surface area contributed by atoms with Crippen LogP contribution >= 0.6 is 0 Å². The molecule has 0 spiro atoms. The zero-order valence-corrected chi connectivity index (χ0v) is 16.0. The number of likely N-dealkylation sites (N-methyl/N-ethyl adjacent to an activating group) is 1. The minimum Gasteiger partial charge on any atom is -0.381 e.